The largest absolute Gasteiger partial charge is 0.273 e. The number of hydrazone groups is 1. The lowest BCUT2D eigenvalue weighted by molar-refractivity contribution is -0.121. The van der Waals surface area contributed by atoms with Gasteiger partial charge in [0.25, 0.3) is 0 Å². The topological polar surface area (TPSA) is 41.5 Å². The number of amides is 1. The quantitative estimate of drug-likeness (QED) is 0.450. The van der Waals surface area contributed by atoms with E-state index in [2.05, 4.69) is 17.5 Å². The van der Waals surface area contributed by atoms with Crippen LogP contribution in [0.1, 0.15) is 44.6 Å². The third-order valence-electron chi connectivity index (χ3n) is 2.53. The van der Waals surface area contributed by atoms with Gasteiger partial charge < -0.3 is 0 Å². The number of benzene rings is 1. The molecule has 0 aliphatic carbocycles. The Morgan fingerprint density at radius 2 is 2.00 bits per heavy atom. The van der Waals surface area contributed by atoms with Crippen molar-refractivity contribution in [2.45, 2.75) is 39.0 Å². The first kappa shape index (κ1) is 14.4. The number of carbonyl (C=O) groups excluding carboxylic acids is 1. The molecule has 1 N–H and O–H groups in total. The molecule has 0 atom stereocenters. The molecule has 0 aliphatic rings. The van der Waals surface area contributed by atoms with Gasteiger partial charge in [-0.2, -0.15) is 5.10 Å². The van der Waals surface area contributed by atoms with Crippen LogP contribution in [0.4, 0.5) is 4.39 Å². The SMILES string of the molecule is CCCCCCC(=O)N/N=C/c1ccc(F)cc1. The normalized spacial score (nSPS) is 10.8. The van der Waals surface area contributed by atoms with Gasteiger partial charge in [-0.25, -0.2) is 9.82 Å². The fourth-order valence-electron chi connectivity index (χ4n) is 1.50. The molecule has 98 valence electrons. The van der Waals surface area contributed by atoms with Gasteiger partial charge >= 0.3 is 0 Å². The lowest BCUT2D eigenvalue weighted by atomic mass is 10.1. The molecule has 0 aliphatic heterocycles. The predicted octanol–water partition coefficient (Wildman–Crippen LogP) is 3.25. The summed E-state index contributed by atoms with van der Waals surface area (Å²) < 4.78 is 12.6. The van der Waals surface area contributed by atoms with Gasteiger partial charge in [-0.1, -0.05) is 38.3 Å². The molecule has 0 unspecified atom stereocenters. The van der Waals surface area contributed by atoms with E-state index in [0.29, 0.717) is 6.42 Å². The van der Waals surface area contributed by atoms with Crippen LogP contribution in [0, 0.1) is 5.82 Å². The number of unbranched alkanes of at least 4 members (excludes halogenated alkanes) is 3. The van der Waals surface area contributed by atoms with Crippen molar-refractivity contribution in [3.8, 4) is 0 Å². The van der Waals surface area contributed by atoms with Gasteiger partial charge in [-0.15, -0.1) is 0 Å². The average Bonchev–Trinajstić information content (AvgIpc) is 2.37. The summed E-state index contributed by atoms with van der Waals surface area (Å²) in [5.74, 6) is -0.364. The van der Waals surface area contributed by atoms with E-state index in [-0.39, 0.29) is 11.7 Å². The Labute approximate surface area is 107 Å². The summed E-state index contributed by atoms with van der Waals surface area (Å²) in [5, 5.41) is 3.82. The van der Waals surface area contributed by atoms with E-state index >= 15 is 0 Å². The standard InChI is InChI=1S/C14H19FN2O/c1-2-3-4-5-6-14(18)17-16-11-12-7-9-13(15)10-8-12/h7-11H,2-6H2,1H3,(H,17,18)/b16-11+. The molecule has 1 rings (SSSR count). The highest BCUT2D eigenvalue weighted by molar-refractivity contribution is 5.82. The van der Waals surface area contributed by atoms with Crippen molar-refractivity contribution in [2.24, 2.45) is 5.10 Å². The minimum Gasteiger partial charge on any atom is -0.273 e. The second kappa shape index (κ2) is 8.39. The monoisotopic (exact) mass is 250 g/mol. The fourth-order valence-corrected chi connectivity index (χ4v) is 1.50. The van der Waals surface area contributed by atoms with E-state index in [1.807, 2.05) is 0 Å². The summed E-state index contributed by atoms with van der Waals surface area (Å²) in [6.07, 6.45) is 6.29. The van der Waals surface area contributed by atoms with Crippen molar-refractivity contribution in [2.75, 3.05) is 0 Å². The highest BCUT2D eigenvalue weighted by Gasteiger charge is 1.98. The molecule has 3 nitrogen and oxygen atoms in total. The van der Waals surface area contributed by atoms with Gasteiger partial charge in [0.15, 0.2) is 0 Å². The first-order chi connectivity index (χ1) is 8.72. The number of nitrogens with zero attached hydrogens (tertiary/aromatic N) is 1. The van der Waals surface area contributed by atoms with Crippen molar-refractivity contribution in [1.29, 1.82) is 0 Å². The van der Waals surface area contributed by atoms with Gasteiger partial charge in [0.05, 0.1) is 6.21 Å². The first-order valence-electron chi connectivity index (χ1n) is 6.30. The van der Waals surface area contributed by atoms with Gasteiger partial charge in [0, 0.05) is 6.42 Å². The molecule has 18 heavy (non-hydrogen) atoms. The minimum atomic E-state index is -0.285. The Morgan fingerprint density at radius 3 is 2.67 bits per heavy atom. The number of nitrogens with one attached hydrogen (secondary N) is 1. The van der Waals surface area contributed by atoms with Crippen LogP contribution in [0.2, 0.25) is 0 Å². The smallest absolute Gasteiger partial charge is 0.240 e. The van der Waals surface area contributed by atoms with Crippen molar-refractivity contribution in [3.63, 3.8) is 0 Å². The molecule has 1 aromatic rings. The van der Waals surface area contributed by atoms with Crippen LogP contribution in [0.15, 0.2) is 29.4 Å². The highest BCUT2D eigenvalue weighted by atomic mass is 19.1. The van der Waals surface area contributed by atoms with Crippen LogP contribution in [0.5, 0.6) is 0 Å². The van der Waals surface area contributed by atoms with E-state index in [1.54, 1.807) is 12.1 Å². The van der Waals surface area contributed by atoms with Crippen molar-refractivity contribution in [1.82, 2.24) is 5.43 Å². The molecule has 0 aromatic heterocycles. The summed E-state index contributed by atoms with van der Waals surface area (Å²) >= 11 is 0. The van der Waals surface area contributed by atoms with Crippen molar-refractivity contribution >= 4 is 12.1 Å². The van der Waals surface area contributed by atoms with E-state index < -0.39 is 0 Å². The molecule has 0 fully saturated rings. The van der Waals surface area contributed by atoms with E-state index in [0.717, 1.165) is 31.2 Å². The molecule has 0 radical (unpaired) electrons. The Morgan fingerprint density at radius 1 is 1.28 bits per heavy atom. The maximum atomic E-state index is 12.6. The first-order valence-corrected chi connectivity index (χ1v) is 6.30. The molecule has 0 spiro atoms. The summed E-state index contributed by atoms with van der Waals surface area (Å²) in [6.45, 7) is 2.13. The van der Waals surface area contributed by atoms with Gasteiger partial charge in [0.1, 0.15) is 5.82 Å². The second-order valence-electron chi connectivity index (χ2n) is 4.16. The van der Waals surface area contributed by atoms with Gasteiger partial charge in [0.2, 0.25) is 5.91 Å². The molecule has 4 heteroatoms. The lowest BCUT2D eigenvalue weighted by Gasteiger charge is -1.99. The van der Waals surface area contributed by atoms with Crippen molar-refractivity contribution < 1.29 is 9.18 Å². The third-order valence-corrected chi connectivity index (χ3v) is 2.53. The molecular weight excluding hydrogens is 231 g/mol. The molecule has 0 heterocycles. The zero-order valence-electron chi connectivity index (χ0n) is 10.7. The van der Waals surface area contributed by atoms with E-state index in [4.69, 9.17) is 0 Å². The third kappa shape index (κ3) is 6.13. The predicted molar refractivity (Wildman–Crippen MR) is 70.9 cm³/mol. The maximum absolute atomic E-state index is 12.6. The summed E-state index contributed by atoms with van der Waals surface area (Å²) in [6, 6.07) is 5.92. The second-order valence-corrected chi connectivity index (χ2v) is 4.16. The number of hydrogen-bond donors (Lipinski definition) is 1. The Kier molecular flexibility index (Phi) is 6.69. The van der Waals surface area contributed by atoms with Crippen LogP contribution in [0.3, 0.4) is 0 Å². The Hall–Kier alpha value is -1.71. The van der Waals surface area contributed by atoms with Crippen LogP contribution in [-0.4, -0.2) is 12.1 Å². The molecule has 1 aromatic carbocycles. The molecule has 0 saturated heterocycles. The van der Waals surface area contributed by atoms with Crippen LogP contribution in [-0.2, 0) is 4.79 Å². The van der Waals surface area contributed by atoms with Crippen molar-refractivity contribution in [3.05, 3.63) is 35.6 Å². The van der Waals surface area contributed by atoms with Gasteiger partial charge in [-0.3, -0.25) is 4.79 Å². The fraction of sp³-hybridized carbons (Fsp3) is 0.429. The van der Waals surface area contributed by atoms with Crippen LogP contribution >= 0.6 is 0 Å². The summed E-state index contributed by atoms with van der Waals surface area (Å²) in [5.41, 5.74) is 3.21. The van der Waals surface area contributed by atoms with E-state index in [9.17, 15) is 9.18 Å². The highest BCUT2D eigenvalue weighted by Crippen LogP contribution is 2.02. The Bertz CT molecular complexity index is 387. The molecule has 0 saturated carbocycles. The zero-order chi connectivity index (χ0) is 13.2. The van der Waals surface area contributed by atoms with Crippen LogP contribution in [0.25, 0.3) is 0 Å². The number of carbonyl (C=O) groups is 1. The summed E-state index contributed by atoms with van der Waals surface area (Å²) in [4.78, 5) is 11.4. The lowest BCUT2D eigenvalue weighted by Crippen LogP contribution is -2.16. The number of halogens is 1. The number of rotatable bonds is 7. The molecular formula is C14H19FN2O. The summed E-state index contributed by atoms with van der Waals surface area (Å²) in [7, 11) is 0. The number of hydrogen-bond acceptors (Lipinski definition) is 2. The maximum Gasteiger partial charge on any atom is 0.240 e. The minimum absolute atomic E-state index is 0.0792. The molecule has 1 amide bonds. The Balaban J connectivity index is 2.23. The average molecular weight is 250 g/mol. The zero-order valence-corrected chi connectivity index (χ0v) is 10.7. The van der Waals surface area contributed by atoms with Gasteiger partial charge in [-0.05, 0) is 24.1 Å². The molecule has 0 bridgehead atoms. The van der Waals surface area contributed by atoms with E-state index in [1.165, 1.54) is 18.3 Å². The van der Waals surface area contributed by atoms with Crippen LogP contribution < -0.4 is 5.43 Å².